The number of carbonyl (C=O) groups is 2. The van der Waals surface area contributed by atoms with Crippen molar-refractivity contribution in [3.05, 3.63) is 29.3 Å². The highest BCUT2D eigenvalue weighted by Gasteiger charge is 2.25. The number of para-hydroxylation sites is 1. The SMILES string of the molecule is CC[C@H](Oc1ccccc1Cl)C(=O)NN1CCCCC1=O. The van der Waals surface area contributed by atoms with Crippen LogP contribution in [0.3, 0.4) is 0 Å². The van der Waals surface area contributed by atoms with Crippen LogP contribution in [-0.4, -0.2) is 29.5 Å². The monoisotopic (exact) mass is 310 g/mol. The highest BCUT2D eigenvalue weighted by atomic mass is 35.5. The number of hydrogen-bond acceptors (Lipinski definition) is 3. The van der Waals surface area contributed by atoms with Crippen LogP contribution >= 0.6 is 11.6 Å². The Labute approximate surface area is 129 Å². The number of hydrazine groups is 1. The Hall–Kier alpha value is -1.75. The van der Waals surface area contributed by atoms with Gasteiger partial charge in [0.25, 0.3) is 5.91 Å². The highest BCUT2D eigenvalue weighted by molar-refractivity contribution is 6.32. The lowest BCUT2D eigenvalue weighted by Gasteiger charge is -2.28. The molecule has 5 nitrogen and oxygen atoms in total. The number of rotatable bonds is 5. The molecule has 2 rings (SSSR count). The Balaban J connectivity index is 1.98. The smallest absolute Gasteiger partial charge is 0.279 e. The standard InChI is InChI=1S/C15H19ClN2O3/c1-2-12(21-13-8-4-3-7-11(13)16)15(20)17-18-10-6-5-9-14(18)19/h3-4,7-8,12H,2,5-6,9-10H2,1H3,(H,17,20)/t12-/m0/s1. The van der Waals surface area contributed by atoms with Crippen LogP contribution < -0.4 is 10.2 Å². The van der Waals surface area contributed by atoms with Crippen molar-refractivity contribution in [1.29, 1.82) is 0 Å². The lowest BCUT2D eigenvalue weighted by Crippen LogP contribution is -2.52. The van der Waals surface area contributed by atoms with Crippen molar-refractivity contribution < 1.29 is 14.3 Å². The van der Waals surface area contributed by atoms with Gasteiger partial charge in [-0.3, -0.25) is 20.0 Å². The average molecular weight is 311 g/mol. The van der Waals surface area contributed by atoms with Crippen LogP contribution in [0.5, 0.6) is 5.75 Å². The number of nitrogens with one attached hydrogen (secondary N) is 1. The second-order valence-corrected chi connectivity index (χ2v) is 5.33. The van der Waals surface area contributed by atoms with E-state index in [1.54, 1.807) is 24.3 Å². The molecular weight excluding hydrogens is 292 g/mol. The largest absolute Gasteiger partial charge is 0.479 e. The summed E-state index contributed by atoms with van der Waals surface area (Å²) in [5, 5.41) is 1.84. The number of piperidine rings is 1. The van der Waals surface area contributed by atoms with E-state index >= 15 is 0 Å². The van der Waals surface area contributed by atoms with Crippen LogP contribution in [0.2, 0.25) is 5.02 Å². The Morgan fingerprint density at radius 1 is 1.43 bits per heavy atom. The fourth-order valence-electron chi connectivity index (χ4n) is 2.14. The number of hydrogen-bond donors (Lipinski definition) is 1. The molecule has 6 heteroatoms. The second-order valence-electron chi connectivity index (χ2n) is 4.92. The predicted molar refractivity (Wildman–Crippen MR) is 79.9 cm³/mol. The van der Waals surface area contributed by atoms with E-state index < -0.39 is 6.10 Å². The summed E-state index contributed by atoms with van der Waals surface area (Å²) in [6.45, 7) is 2.40. The van der Waals surface area contributed by atoms with Gasteiger partial charge in [0, 0.05) is 13.0 Å². The Bertz CT molecular complexity index is 521. The number of ether oxygens (including phenoxy) is 1. The Morgan fingerprint density at radius 2 is 2.19 bits per heavy atom. The van der Waals surface area contributed by atoms with Gasteiger partial charge in [-0.2, -0.15) is 0 Å². The topological polar surface area (TPSA) is 58.6 Å². The molecule has 0 unspecified atom stereocenters. The summed E-state index contributed by atoms with van der Waals surface area (Å²) in [6, 6.07) is 7.00. The molecule has 1 fully saturated rings. The maximum absolute atomic E-state index is 12.2. The molecule has 0 spiro atoms. The van der Waals surface area contributed by atoms with Crippen molar-refractivity contribution in [2.75, 3.05) is 6.54 Å². The van der Waals surface area contributed by atoms with Crippen molar-refractivity contribution in [3.63, 3.8) is 0 Å². The van der Waals surface area contributed by atoms with Crippen molar-refractivity contribution in [2.24, 2.45) is 0 Å². The zero-order chi connectivity index (χ0) is 15.2. The third-order valence-electron chi connectivity index (χ3n) is 3.34. The van der Waals surface area contributed by atoms with E-state index in [1.807, 2.05) is 6.92 Å². The molecule has 1 aromatic carbocycles. The first-order valence-electron chi connectivity index (χ1n) is 7.14. The minimum Gasteiger partial charge on any atom is -0.479 e. The Kier molecular flexibility index (Phi) is 5.44. The van der Waals surface area contributed by atoms with E-state index in [-0.39, 0.29) is 11.8 Å². The maximum atomic E-state index is 12.2. The van der Waals surface area contributed by atoms with Gasteiger partial charge in [0.15, 0.2) is 6.10 Å². The van der Waals surface area contributed by atoms with E-state index in [0.717, 1.165) is 12.8 Å². The zero-order valence-corrected chi connectivity index (χ0v) is 12.7. The zero-order valence-electron chi connectivity index (χ0n) is 12.0. The fourth-order valence-corrected chi connectivity index (χ4v) is 2.33. The molecule has 0 aliphatic carbocycles. The summed E-state index contributed by atoms with van der Waals surface area (Å²) < 4.78 is 5.65. The minimum absolute atomic E-state index is 0.0535. The minimum atomic E-state index is -0.681. The van der Waals surface area contributed by atoms with Gasteiger partial charge in [-0.1, -0.05) is 30.7 Å². The summed E-state index contributed by atoms with van der Waals surface area (Å²) in [5.74, 6) is 0.0843. The van der Waals surface area contributed by atoms with Gasteiger partial charge in [0.1, 0.15) is 5.75 Å². The van der Waals surface area contributed by atoms with Gasteiger partial charge in [0.2, 0.25) is 5.91 Å². The first kappa shape index (κ1) is 15.6. The third-order valence-corrected chi connectivity index (χ3v) is 3.65. The van der Waals surface area contributed by atoms with E-state index in [9.17, 15) is 9.59 Å². The van der Waals surface area contributed by atoms with Crippen LogP contribution in [0.4, 0.5) is 0 Å². The average Bonchev–Trinajstić information content (AvgIpc) is 2.48. The predicted octanol–water partition coefficient (Wildman–Crippen LogP) is 2.54. The fraction of sp³-hybridized carbons (Fsp3) is 0.467. The van der Waals surface area contributed by atoms with Crippen molar-refractivity contribution in [2.45, 2.75) is 38.7 Å². The molecule has 1 heterocycles. The lowest BCUT2D eigenvalue weighted by molar-refractivity contribution is -0.146. The molecule has 114 valence electrons. The Morgan fingerprint density at radius 3 is 2.86 bits per heavy atom. The van der Waals surface area contributed by atoms with Gasteiger partial charge in [-0.25, -0.2) is 0 Å². The first-order valence-corrected chi connectivity index (χ1v) is 7.51. The quantitative estimate of drug-likeness (QED) is 0.909. The number of carbonyl (C=O) groups excluding carboxylic acids is 2. The summed E-state index contributed by atoms with van der Waals surface area (Å²) in [7, 11) is 0. The molecule has 0 radical (unpaired) electrons. The molecular formula is C15H19ClN2O3. The number of benzene rings is 1. The summed E-state index contributed by atoms with van der Waals surface area (Å²) in [4.78, 5) is 23.9. The molecule has 0 saturated carbocycles. The number of amides is 2. The maximum Gasteiger partial charge on any atom is 0.279 e. The molecule has 0 bridgehead atoms. The van der Waals surface area contributed by atoms with E-state index in [2.05, 4.69) is 5.43 Å². The van der Waals surface area contributed by atoms with Crippen molar-refractivity contribution in [1.82, 2.24) is 10.4 Å². The first-order chi connectivity index (χ1) is 10.1. The van der Waals surface area contributed by atoms with E-state index in [4.69, 9.17) is 16.3 Å². The van der Waals surface area contributed by atoms with Gasteiger partial charge in [-0.15, -0.1) is 0 Å². The summed E-state index contributed by atoms with van der Waals surface area (Å²) >= 11 is 6.02. The molecule has 1 aliphatic heterocycles. The van der Waals surface area contributed by atoms with Crippen molar-refractivity contribution in [3.8, 4) is 5.75 Å². The molecule has 21 heavy (non-hydrogen) atoms. The molecule has 2 amide bonds. The molecule has 1 aliphatic rings. The van der Waals surface area contributed by atoms with Gasteiger partial charge in [0.05, 0.1) is 5.02 Å². The number of halogens is 1. The van der Waals surface area contributed by atoms with Crippen LogP contribution in [0.25, 0.3) is 0 Å². The van der Waals surface area contributed by atoms with Crippen LogP contribution in [-0.2, 0) is 9.59 Å². The van der Waals surface area contributed by atoms with Crippen LogP contribution in [0.15, 0.2) is 24.3 Å². The molecule has 1 aromatic rings. The molecule has 1 saturated heterocycles. The van der Waals surface area contributed by atoms with Gasteiger partial charge < -0.3 is 4.74 Å². The summed E-state index contributed by atoms with van der Waals surface area (Å²) in [6.07, 6.45) is 2.05. The van der Waals surface area contributed by atoms with E-state index in [1.165, 1.54) is 5.01 Å². The lowest BCUT2D eigenvalue weighted by atomic mass is 10.1. The van der Waals surface area contributed by atoms with E-state index in [0.29, 0.717) is 30.2 Å². The van der Waals surface area contributed by atoms with Crippen LogP contribution in [0.1, 0.15) is 32.6 Å². The van der Waals surface area contributed by atoms with Gasteiger partial charge in [-0.05, 0) is 31.4 Å². The molecule has 0 aromatic heterocycles. The second kappa shape index (κ2) is 7.31. The molecule has 1 atom stereocenters. The number of nitrogens with zero attached hydrogens (tertiary/aromatic N) is 1. The normalized spacial score (nSPS) is 16.5. The van der Waals surface area contributed by atoms with Crippen LogP contribution in [0, 0.1) is 0 Å². The highest BCUT2D eigenvalue weighted by Crippen LogP contribution is 2.24. The molecule has 1 N–H and O–H groups in total. The van der Waals surface area contributed by atoms with Gasteiger partial charge >= 0.3 is 0 Å². The van der Waals surface area contributed by atoms with Crippen molar-refractivity contribution >= 4 is 23.4 Å². The third kappa shape index (κ3) is 4.11. The summed E-state index contributed by atoms with van der Waals surface area (Å²) in [5.41, 5.74) is 2.64.